The molecule has 0 spiro atoms. The highest BCUT2D eigenvalue weighted by atomic mass is 15.3. The van der Waals surface area contributed by atoms with Crippen LogP contribution in [-0.4, -0.2) is 55.6 Å². The van der Waals surface area contributed by atoms with Crippen LogP contribution in [0.2, 0.25) is 0 Å². The van der Waals surface area contributed by atoms with Crippen molar-refractivity contribution in [2.45, 2.75) is 12.1 Å². The molecule has 2 aliphatic rings. The summed E-state index contributed by atoms with van der Waals surface area (Å²) in [5, 5.41) is 3.69. The Balaban J connectivity index is 1.68. The SMILES string of the molecule is CN1CCN2CC(c3ccccc3)NCC2C1. The third kappa shape index (κ3) is 2.37. The Morgan fingerprint density at radius 1 is 1.12 bits per heavy atom. The minimum atomic E-state index is 0.510. The lowest BCUT2D eigenvalue weighted by Gasteiger charge is -2.46. The molecule has 0 aromatic heterocycles. The number of piperazine rings is 2. The molecule has 2 aliphatic heterocycles. The maximum atomic E-state index is 3.69. The molecule has 0 aliphatic carbocycles. The number of nitrogens with zero attached hydrogens (tertiary/aromatic N) is 2. The van der Waals surface area contributed by atoms with Gasteiger partial charge >= 0.3 is 0 Å². The normalized spacial score (nSPS) is 31.1. The molecular formula is C14H21N3. The van der Waals surface area contributed by atoms with Crippen LogP contribution in [0.4, 0.5) is 0 Å². The van der Waals surface area contributed by atoms with E-state index < -0.39 is 0 Å². The summed E-state index contributed by atoms with van der Waals surface area (Å²) in [6, 6.07) is 12.0. The fourth-order valence-electron chi connectivity index (χ4n) is 2.97. The van der Waals surface area contributed by atoms with Crippen molar-refractivity contribution in [3.63, 3.8) is 0 Å². The molecule has 0 bridgehead atoms. The van der Waals surface area contributed by atoms with E-state index in [2.05, 4.69) is 52.5 Å². The largest absolute Gasteiger partial charge is 0.307 e. The van der Waals surface area contributed by atoms with Gasteiger partial charge in [-0.15, -0.1) is 0 Å². The van der Waals surface area contributed by atoms with Crippen molar-refractivity contribution < 1.29 is 0 Å². The predicted molar refractivity (Wildman–Crippen MR) is 70.0 cm³/mol. The number of benzene rings is 1. The summed E-state index contributed by atoms with van der Waals surface area (Å²) in [5.41, 5.74) is 1.42. The number of rotatable bonds is 1. The van der Waals surface area contributed by atoms with E-state index in [0.29, 0.717) is 12.1 Å². The van der Waals surface area contributed by atoms with Gasteiger partial charge in [-0.3, -0.25) is 4.90 Å². The van der Waals surface area contributed by atoms with Gasteiger partial charge in [-0.1, -0.05) is 30.3 Å². The van der Waals surface area contributed by atoms with Crippen LogP contribution in [0.15, 0.2) is 30.3 Å². The minimum Gasteiger partial charge on any atom is -0.307 e. The Labute approximate surface area is 103 Å². The molecule has 0 radical (unpaired) electrons. The van der Waals surface area contributed by atoms with E-state index in [0.717, 1.165) is 13.1 Å². The molecule has 2 heterocycles. The molecule has 3 rings (SSSR count). The molecule has 3 heteroatoms. The third-order valence-corrected chi connectivity index (χ3v) is 4.03. The monoisotopic (exact) mass is 231 g/mol. The number of fused-ring (bicyclic) bond motifs is 1. The molecule has 1 N–H and O–H groups in total. The summed E-state index contributed by atoms with van der Waals surface area (Å²) < 4.78 is 0. The molecule has 2 fully saturated rings. The first-order valence-electron chi connectivity index (χ1n) is 6.54. The molecule has 3 nitrogen and oxygen atoms in total. The Morgan fingerprint density at radius 3 is 2.76 bits per heavy atom. The molecule has 17 heavy (non-hydrogen) atoms. The van der Waals surface area contributed by atoms with E-state index in [-0.39, 0.29) is 0 Å². The van der Waals surface area contributed by atoms with Crippen LogP contribution in [-0.2, 0) is 0 Å². The van der Waals surface area contributed by atoms with Gasteiger partial charge in [0.25, 0.3) is 0 Å². The Bertz CT molecular complexity index is 365. The van der Waals surface area contributed by atoms with E-state index in [1.165, 1.54) is 25.2 Å². The van der Waals surface area contributed by atoms with Crippen molar-refractivity contribution in [3.05, 3.63) is 35.9 Å². The molecular weight excluding hydrogens is 210 g/mol. The highest BCUT2D eigenvalue weighted by Crippen LogP contribution is 2.21. The zero-order valence-corrected chi connectivity index (χ0v) is 10.5. The second-order valence-electron chi connectivity index (χ2n) is 5.28. The van der Waals surface area contributed by atoms with Crippen LogP contribution in [0, 0.1) is 0 Å². The van der Waals surface area contributed by atoms with E-state index in [4.69, 9.17) is 0 Å². The zero-order valence-electron chi connectivity index (χ0n) is 10.5. The average molecular weight is 231 g/mol. The molecule has 92 valence electrons. The molecule has 1 aromatic rings. The lowest BCUT2D eigenvalue weighted by molar-refractivity contribution is 0.0538. The van der Waals surface area contributed by atoms with Crippen molar-refractivity contribution in [2.75, 3.05) is 39.8 Å². The number of nitrogens with one attached hydrogen (secondary N) is 1. The number of hydrogen-bond acceptors (Lipinski definition) is 3. The summed E-state index contributed by atoms with van der Waals surface area (Å²) in [5.74, 6) is 0. The standard InChI is InChI=1S/C14H21N3/c1-16-7-8-17-11-14(15-9-13(17)10-16)12-5-3-2-4-6-12/h2-6,13-15H,7-11H2,1H3. The van der Waals surface area contributed by atoms with Gasteiger partial charge in [-0.05, 0) is 12.6 Å². The van der Waals surface area contributed by atoms with Crippen molar-refractivity contribution in [1.29, 1.82) is 0 Å². The van der Waals surface area contributed by atoms with Crippen LogP contribution in [0.25, 0.3) is 0 Å². The first-order chi connectivity index (χ1) is 8.33. The van der Waals surface area contributed by atoms with E-state index in [1.54, 1.807) is 0 Å². The molecule has 2 saturated heterocycles. The van der Waals surface area contributed by atoms with Gasteiger partial charge in [-0.2, -0.15) is 0 Å². The van der Waals surface area contributed by atoms with Gasteiger partial charge in [0.05, 0.1) is 0 Å². The zero-order chi connectivity index (χ0) is 11.7. The maximum Gasteiger partial charge on any atom is 0.0450 e. The van der Waals surface area contributed by atoms with Crippen molar-refractivity contribution >= 4 is 0 Å². The van der Waals surface area contributed by atoms with E-state index >= 15 is 0 Å². The van der Waals surface area contributed by atoms with E-state index in [9.17, 15) is 0 Å². The molecule has 0 amide bonds. The highest BCUT2D eigenvalue weighted by molar-refractivity contribution is 5.20. The van der Waals surface area contributed by atoms with Crippen LogP contribution >= 0.6 is 0 Å². The predicted octanol–water partition coefficient (Wildman–Crippen LogP) is 0.947. The van der Waals surface area contributed by atoms with Crippen molar-refractivity contribution in [2.24, 2.45) is 0 Å². The van der Waals surface area contributed by atoms with Crippen molar-refractivity contribution in [3.8, 4) is 0 Å². The minimum absolute atomic E-state index is 0.510. The fraction of sp³-hybridized carbons (Fsp3) is 0.571. The molecule has 2 atom stereocenters. The Kier molecular flexibility index (Phi) is 3.14. The number of hydrogen-bond donors (Lipinski definition) is 1. The molecule has 2 unspecified atom stereocenters. The van der Waals surface area contributed by atoms with Gasteiger partial charge in [-0.25, -0.2) is 0 Å². The van der Waals surface area contributed by atoms with Gasteiger partial charge in [0.2, 0.25) is 0 Å². The lowest BCUT2D eigenvalue weighted by atomic mass is 10.0. The fourth-order valence-corrected chi connectivity index (χ4v) is 2.97. The maximum absolute atomic E-state index is 3.69. The second kappa shape index (κ2) is 4.77. The lowest BCUT2D eigenvalue weighted by Crippen LogP contribution is -2.61. The van der Waals surface area contributed by atoms with E-state index in [1.807, 2.05) is 0 Å². The van der Waals surface area contributed by atoms with Gasteiger partial charge in [0, 0.05) is 44.8 Å². The smallest absolute Gasteiger partial charge is 0.0450 e. The van der Waals surface area contributed by atoms with Crippen molar-refractivity contribution in [1.82, 2.24) is 15.1 Å². The van der Waals surface area contributed by atoms with Crippen LogP contribution in [0.1, 0.15) is 11.6 Å². The Morgan fingerprint density at radius 2 is 1.94 bits per heavy atom. The van der Waals surface area contributed by atoms with Crippen LogP contribution < -0.4 is 5.32 Å². The average Bonchev–Trinajstić information content (AvgIpc) is 2.39. The topological polar surface area (TPSA) is 18.5 Å². The molecule has 0 saturated carbocycles. The quantitative estimate of drug-likeness (QED) is 0.776. The summed E-state index contributed by atoms with van der Waals surface area (Å²) in [7, 11) is 2.22. The first kappa shape index (κ1) is 11.2. The second-order valence-corrected chi connectivity index (χ2v) is 5.28. The van der Waals surface area contributed by atoms with Gasteiger partial charge < -0.3 is 10.2 Å². The molecule has 1 aromatic carbocycles. The van der Waals surface area contributed by atoms with Crippen LogP contribution in [0.5, 0.6) is 0 Å². The summed E-state index contributed by atoms with van der Waals surface area (Å²) in [4.78, 5) is 5.08. The Hall–Kier alpha value is -0.900. The summed E-state index contributed by atoms with van der Waals surface area (Å²) in [6.45, 7) is 5.89. The number of likely N-dealkylation sites (N-methyl/N-ethyl adjacent to an activating group) is 1. The summed E-state index contributed by atoms with van der Waals surface area (Å²) in [6.07, 6.45) is 0. The summed E-state index contributed by atoms with van der Waals surface area (Å²) >= 11 is 0. The van der Waals surface area contributed by atoms with Gasteiger partial charge in [0.15, 0.2) is 0 Å². The van der Waals surface area contributed by atoms with Gasteiger partial charge in [0.1, 0.15) is 0 Å². The first-order valence-corrected chi connectivity index (χ1v) is 6.54. The highest BCUT2D eigenvalue weighted by Gasteiger charge is 2.31. The van der Waals surface area contributed by atoms with Crippen LogP contribution in [0.3, 0.4) is 0 Å². The third-order valence-electron chi connectivity index (χ3n) is 4.03.